The van der Waals surface area contributed by atoms with Crippen LogP contribution in [-0.2, 0) is 9.53 Å². The van der Waals surface area contributed by atoms with Gasteiger partial charge in [-0.05, 0) is 39.8 Å². The van der Waals surface area contributed by atoms with Gasteiger partial charge >= 0.3 is 5.97 Å². The fraction of sp³-hybridized carbons (Fsp3) is 0.375. The molecule has 0 aliphatic carbocycles. The first-order valence-electron chi connectivity index (χ1n) is 9.82. The van der Waals surface area contributed by atoms with Crippen molar-refractivity contribution in [1.29, 1.82) is 0 Å². The molecule has 0 radical (unpaired) electrons. The minimum absolute atomic E-state index is 0.344. The van der Waals surface area contributed by atoms with Gasteiger partial charge in [-0.2, -0.15) is 0 Å². The van der Waals surface area contributed by atoms with Crippen molar-refractivity contribution < 1.29 is 19.1 Å². The Labute approximate surface area is 171 Å². The molecule has 1 aliphatic rings. The largest absolute Gasteiger partial charge is 0.459 e. The summed E-state index contributed by atoms with van der Waals surface area (Å²) in [4.78, 5) is 40.1. The zero-order chi connectivity index (χ0) is 21.2. The Balaban J connectivity index is 1.79. The Hall–Kier alpha value is -2.95. The van der Waals surface area contributed by atoms with Crippen LogP contribution >= 0.6 is 0 Å². The Bertz CT molecular complexity index is 885. The molecule has 152 valence electrons. The Morgan fingerprint density at radius 2 is 1.24 bits per heavy atom. The standard InChI is InChI=1S/C24H27NO4/c1-23(2)15-19(29-22(28)18-13-9-6-10-14-18)16-24(3,4)25(23)21(27)20(26)17-11-7-5-8-12-17/h5-14,19H,15-16H2,1-4H3. The van der Waals surface area contributed by atoms with Gasteiger partial charge in [0.2, 0.25) is 5.78 Å². The fourth-order valence-electron chi connectivity index (χ4n) is 4.43. The minimum Gasteiger partial charge on any atom is -0.459 e. The van der Waals surface area contributed by atoms with E-state index in [1.54, 1.807) is 53.4 Å². The van der Waals surface area contributed by atoms with Crippen LogP contribution in [0.25, 0.3) is 0 Å². The first kappa shape index (κ1) is 20.8. The highest BCUT2D eigenvalue weighted by Crippen LogP contribution is 2.40. The van der Waals surface area contributed by atoms with Crippen molar-refractivity contribution in [3.8, 4) is 0 Å². The number of rotatable bonds is 4. The zero-order valence-corrected chi connectivity index (χ0v) is 17.3. The Morgan fingerprint density at radius 1 is 0.793 bits per heavy atom. The van der Waals surface area contributed by atoms with Crippen LogP contribution in [0.4, 0.5) is 0 Å². The van der Waals surface area contributed by atoms with Gasteiger partial charge < -0.3 is 9.64 Å². The van der Waals surface area contributed by atoms with Crippen LogP contribution in [-0.4, -0.2) is 39.7 Å². The van der Waals surface area contributed by atoms with Crippen molar-refractivity contribution >= 4 is 17.7 Å². The number of carbonyl (C=O) groups is 3. The molecule has 29 heavy (non-hydrogen) atoms. The van der Waals surface area contributed by atoms with Crippen molar-refractivity contribution in [3.05, 3.63) is 71.8 Å². The molecule has 0 unspecified atom stereocenters. The van der Waals surface area contributed by atoms with Crippen molar-refractivity contribution in [2.75, 3.05) is 0 Å². The SMILES string of the molecule is CC1(C)CC(OC(=O)c2ccccc2)CC(C)(C)N1C(=O)C(=O)c1ccccc1. The monoisotopic (exact) mass is 393 g/mol. The van der Waals surface area contributed by atoms with Crippen LogP contribution < -0.4 is 0 Å². The second-order valence-electron chi connectivity index (χ2n) is 8.76. The lowest BCUT2D eigenvalue weighted by Crippen LogP contribution is -2.65. The minimum atomic E-state index is -0.648. The summed E-state index contributed by atoms with van der Waals surface area (Å²) >= 11 is 0. The van der Waals surface area contributed by atoms with Crippen molar-refractivity contribution in [2.45, 2.75) is 57.7 Å². The summed E-state index contributed by atoms with van der Waals surface area (Å²) < 4.78 is 5.76. The predicted molar refractivity (Wildman–Crippen MR) is 111 cm³/mol. The molecule has 0 bridgehead atoms. The van der Waals surface area contributed by atoms with Crippen LogP contribution in [0.2, 0.25) is 0 Å². The molecule has 1 amide bonds. The van der Waals surface area contributed by atoms with E-state index < -0.39 is 22.8 Å². The molecule has 2 aromatic carbocycles. The third kappa shape index (κ3) is 4.39. The molecule has 0 aromatic heterocycles. The summed E-state index contributed by atoms with van der Waals surface area (Å²) in [5.74, 6) is -1.42. The number of ketones is 1. The Kier molecular flexibility index (Phi) is 5.60. The van der Waals surface area contributed by atoms with E-state index in [0.717, 1.165) is 0 Å². The molecule has 1 aliphatic heterocycles. The maximum absolute atomic E-state index is 13.1. The van der Waals surface area contributed by atoms with Gasteiger partial charge in [0.15, 0.2) is 0 Å². The van der Waals surface area contributed by atoms with E-state index in [9.17, 15) is 14.4 Å². The quantitative estimate of drug-likeness (QED) is 0.442. The molecule has 0 atom stereocenters. The summed E-state index contributed by atoms with van der Waals surface area (Å²) in [6.07, 6.45) is 0.578. The number of hydrogen-bond donors (Lipinski definition) is 0. The van der Waals surface area contributed by atoms with Gasteiger partial charge in [-0.25, -0.2) is 4.79 Å². The molecule has 0 saturated carbocycles. The van der Waals surface area contributed by atoms with Gasteiger partial charge in [0.05, 0.1) is 5.56 Å². The maximum atomic E-state index is 13.1. The van der Waals surface area contributed by atoms with Gasteiger partial charge in [-0.15, -0.1) is 0 Å². The van der Waals surface area contributed by atoms with Crippen LogP contribution in [0, 0.1) is 0 Å². The molecule has 3 rings (SSSR count). The Morgan fingerprint density at radius 3 is 1.72 bits per heavy atom. The lowest BCUT2D eigenvalue weighted by molar-refractivity contribution is -0.149. The van der Waals surface area contributed by atoms with Gasteiger partial charge in [0.1, 0.15) is 6.10 Å². The number of ether oxygens (including phenoxy) is 1. The molecule has 1 saturated heterocycles. The number of hydrogen-bond acceptors (Lipinski definition) is 4. The van der Waals surface area contributed by atoms with Crippen molar-refractivity contribution in [1.82, 2.24) is 4.90 Å². The highest BCUT2D eigenvalue weighted by Gasteiger charge is 2.50. The number of amides is 1. The third-order valence-electron chi connectivity index (χ3n) is 5.38. The van der Waals surface area contributed by atoms with Crippen molar-refractivity contribution in [3.63, 3.8) is 0 Å². The van der Waals surface area contributed by atoms with E-state index in [1.165, 1.54) is 0 Å². The topological polar surface area (TPSA) is 63.7 Å². The van der Waals surface area contributed by atoms with E-state index in [1.807, 2.05) is 39.8 Å². The molecule has 0 N–H and O–H groups in total. The van der Waals surface area contributed by atoms with E-state index in [2.05, 4.69) is 0 Å². The highest BCUT2D eigenvalue weighted by atomic mass is 16.5. The van der Waals surface area contributed by atoms with E-state index in [4.69, 9.17) is 4.74 Å². The number of benzene rings is 2. The van der Waals surface area contributed by atoms with Gasteiger partial charge in [0, 0.05) is 29.5 Å². The number of carbonyl (C=O) groups excluding carboxylic acids is 3. The van der Waals surface area contributed by atoms with Gasteiger partial charge in [-0.3, -0.25) is 9.59 Å². The van der Waals surface area contributed by atoms with Crippen LogP contribution in [0.3, 0.4) is 0 Å². The molecular weight excluding hydrogens is 366 g/mol. The van der Waals surface area contributed by atoms with E-state index >= 15 is 0 Å². The first-order chi connectivity index (χ1) is 13.6. The highest BCUT2D eigenvalue weighted by molar-refractivity contribution is 6.43. The van der Waals surface area contributed by atoms with Crippen LogP contribution in [0.1, 0.15) is 61.3 Å². The predicted octanol–water partition coefficient (Wildman–Crippen LogP) is 4.27. The number of esters is 1. The molecule has 0 spiro atoms. The van der Waals surface area contributed by atoms with E-state index in [-0.39, 0.29) is 12.1 Å². The molecule has 5 nitrogen and oxygen atoms in total. The second kappa shape index (κ2) is 7.82. The van der Waals surface area contributed by atoms with E-state index in [0.29, 0.717) is 24.0 Å². The van der Waals surface area contributed by atoms with Gasteiger partial charge in [0.25, 0.3) is 5.91 Å². The smallest absolute Gasteiger partial charge is 0.338 e. The number of Topliss-reactive ketones (excluding diaryl/α,β-unsaturated/α-hetero) is 1. The van der Waals surface area contributed by atoms with Gasteiger partial charge in [-0.1, -0.05) is 48.5 Å². The third-order valence-corrected chi connectivity index (χ3v) is 5.38. The summed E-state index contributed by atoms with van der Waals surface area (Å²) in [7, 11) is 0. The molecule has 2 aromatic rings. The zero-order valence-electron chi connectivity index (χ0n) is 17.3. The number of piperidine rings is 1. The summed E-state index contributed by atoms with van der Waals surface area (Å²) in [6.45, 7) is 7.64. The lowest BCUT2D eigenvalue weighted by atomic mass is 9.77. The lowest BCUT2D eigenvalue weighted by Gasteiger charge is -2.54. The molecule has 5 heteroatoms. The maximum Gasteiger partial charge on any atom is 0.338 e. The summed E-state index contributed by atoms with van der Waals surface area (Å²) in [6, 6.07) is 17.5. The normalized spacial score (nSPS) is 18.1. The molecule has 1 fully saturated rings. The number of likely N-dealkylation sites (tertiary alicyclic amines) is 1. The van der Waals surface area contributed by atoms with Crippen molar-refractivity contribution in [2.24, 2.45) is 0 Å². The summed E-state index contributed by atoms with van der Waals surface area (Å²) in [5, 5.41) is 0. The van der Waals surface area contributed by atoms with Crippen LogP contribution in [0.15, 0.2) is 60.7 Å². The average Bonchev–Trinajstić information content (AvgIpc) is 2.66. The van der Waals surface area contributed by atoms with Crippen LogP contribution in [0.5, 0.6) is 0 Å². The fourth-order valence-corrected chi connectivity index (χ4v) is 4.43. The number of nitrogens with zero attached hydrogens (tertiary/aromatic N) is 1. The molecular formula is C24H27NO4. The second-order valence-corrected chi connectivity index (χ2v) is 8.76. The first-order valence-corrected chi connectivity index (χ1v) is 9.82. The molecule has 1 heterocycles. The average molecular weight is 393 g/mol. The summed E-state index contributed by atoms with van der Waals surface area (Å²) in [5.41, 5.74) is -0.418.